The molecule has 4 nitrogen and oxygen atoms in total. The molecule has 1 aromatic heterocycles. The van der Waals surface area contributed by atoms with Crippen LogP contribution in [0.15, 0.2) is 42.6 Å². The van der Waals surface area contributed by atoms with Crippen LogP contribution in [0.25, 0.3) is 10.9 Å². The Balaban J connectivity index is 0.000000165. The van der Waals surface area contributed by atoms with Gasteiger partial charge in [-0.05, 0) is 104 Å². The van der Waals surface area contributed by atoms with Gasteiger partial charge in [0.15, 0.2) is 0 Å². The Labute approximate surface area is 237 Å². The van der Waals surface area contributed by atoms with E-state index in [4.69, 9.17) is 0 Å². The van der Waals surface area contributed by atoms with Crippen LogP contribution in [0, 0.1) is 30.1 Å². The van der Waals surface area contributed by atoms with Crippen LogP contribution in [0.3, 0.4) is 0 Å². The standard InChI is InChI=1S/C19H24F2O.C15H20N2O/c1-11-10-19(20,21)18(2)8-7-15-14-6-4-13(22)9-12(14)3-5-16(15)17(11)18;1-3-5-14(18)16-9-8-12-10-17-15-11(2)6-4-7-13(12)15/h4,6,9,11,15-17,22H,3,5,7-8,10H2,1-2H3;4,6-7,10,17H,3,5,8-9H2,1-2H3,(H,16,18)/t11?,15?,16-,17?,18+;/m1./s1. The highest BCUT2D eigenvalue weighted by Gasteiger charge is 2.66. The number of hydrogen-bond acceptors (Lipinski definition) is 2. The molecule has 0 saturated heterocycles. The number of aromatic amines is 1. The van der Waals surface area contributed by atoms with Gasteiger partial charge >= 0.3 is 0 Å². The fourth-order valence-corrected chi connectivity index (χ4v) is 8.28. The number of carbonyl (C=O) groups is 1. The summed E-state index contributed by atoms with van der Waals surface area (Å²) in [5, 5.41) is 13.9. The van der Waals surface area contributed by atoms with E-state index in [2.05, 4.69) is 35.4 Å². The third-order valence-electron chi connectivity index (χ3n) is 10.2. The van der Waals surface area contributed by atoms with Crippen LogP contribution in [0.5, 0.6) is 5.75 Å². The third-order valence-corrected chi connectivity index (χ3v) is 10.2. The normalized spacial score (nSPS) is 28.1. The summed E-state index contributed by atoms with van der Waals surface area (Å²) >= 11 is 0. The van der Waals surface area contributed by atoms with Gasteiger partial charge in [-0.25, -0.2) is 8.78 Å². The molecule has 1 heterocycles. The van der Waals surface area contributed by atoms with Gasteiger partial charge < -0.3 is 15.4 Å². The van der Waals surface area contributed by atoms with E-state index in [0.717, 1.165) is 32.1 Å². The van der Waals surface area contributed by atoms with Gasteiger partial charge in [-0.1, -0.05) is 45.0 Å². The summed E-state index contributed by atoms with van der Waals surface area (Å²) in [6, 6.07) is 12.0. The Kier molecular flexibility index (Phi) is 8.00. The number of carbonyl (C=O) groups excluding carboxylic acids is 1. The fourth-order valence-electron chi connectivity index (χ4n) is 8.28. The van der Waals surface area contributed by atoms with Gasteiger partial charge in [-0.15, -0.1) is 0 Å². The smallest absolute Gasteiger partial charge is 0.253 e. The number of rotatable bonds is 5. The van der Waals surface area contributed by atoms with Gasteiger partial charge in [0.1, 0.15) is 5.75 Å². The van der Waals surface area contributed by atoms with Gasteiger partial charge in [0.2, 0.25) is 5.91 Å². The second kappa shape index (κ2) is 11.2. The predicted molar refractivity (Wildman–Crippen MR) is 157 cm³/mol. The zero-order valence-corrected chi connectivity index (χ0v) is 24.3. The van der Waals surface area contributed by atoms with E-state index in [0.29, 0.717) is 37.0 Å². The molecule has 0 radical (unpaired) electrons. The maximum Gasteiger partial charge on any atom is 0.253 e. The van der Waals surface area contributed by atoms with Crippen LogP contribution >= 0.6 is 0 Å². The number of phenolic OH excluding ortho intramolecular Hbond substituents is 1. The average molecular weight is 551 g/mol. The Morgan fingerprint density at radius 2 is 2.00 bits per heavy atom. The summed E-state index contributed by atoms with van der Waals surface area (Å²) in [5.41, 5.74) is 5.44. The van der Waals surface area contributed by atoms with Crippen molar-refractivity contribution < 1.29 is 18.7 Å². The Bertz CT molecular complexity index is 1370. The summed E-state index contributed by atoms with van der Waals surface area (Å²) in [5.74, 6) is -1.04. The molecule has 0 bridgehead atoms. The number of alkyl halides is 2. The highest BCUT2D eigenvalue weighted by atomic mass is 19.3. The van der Waals surface area contributed by atoms with E-state index in [9.17, 15) is 18.7 Å². The number of nitrogens with one attached hydrogen (secondary N) is 2. The van der Waals surface area contributed by atoms with E-state index in [1.165, 1.54) is 33.2 Å². The molecular weight excluding hydrogens is 506 g/mol. The van der Waals surface area contributed by atoms with Crippen LogP contribution in [0.1, 0.15) is 87.5 Å². The van der Waals surface area contributed by atoms with E-state index < -0.39 is 11.3 Å². The Morgan fingerprint density at radius 3 is 2.77 bits per heavy atom. The first-order valence-corrected chi connectivity index (χ1v) is 15.1. The zero-order valence-electron chi connectivity index (χ0n) is 24.3. The van der Waals surface area contributed by atoms with Crippen LogP contribution < -0.4 is 5.32 Å². The summed E-state index contributed by atoms with van der Waals surface area (Å²) in [6.07, 6.45) is 7.87. The number of amides is 1. The molecule has 3 aliphatic rings. The van der Waals surface area contributed by atoms with Gasteiger partial charge in [0, 0.05) is 41.9 Å². The number of fused-ring (bicyclic) bond motifs is 6. The second-order valence-electron chi connectivity index (χ2n) is 12.7. The molecule has 40 heavy (non-hydrogen) atoms. The summed E-state index contributed by atoms with van der Waals surface area (Å²) in [4.78, 5) is 14.7. The molecule has 6 heteroatoms. The SMILES string of the molecule is CC1CC(F)(F)[C@@]2(C)CCC3c4ccc(O)cc4CC[C@H]3C12.CCCC(=O)NCCc1c[nH]c2c(C)cccc12. The van der Waals surface area contributed by atoms with Crippen molar-refractivity contribution in [3.05, 3.63) is 64.8 Å². The lowest BCUT2D eigenvalue weighted by Gasteiger charge is -2.51. The van der Waals surface area contributed by atoms with Crippen molar-refractivity contribution in [2.75, 3.05) is 6.54 Å². The number of aromatic nitrogens is 1. The van der Waals surface area contributed by atoms with Crippen molar-refractivity contribution in [3.8, 4) is 5.75 Å². The molecule has 3 aromatic rings. The number of benzene rings is 2. The molecule has 2 saturated carbocycles. The number of para-hydroxylation sites is 1. The number of halogens is 2. The van der Waals surface area contributed by atoms with Crippen molar-refractivity contribution in [3.63, 3.8) is 0 Å². The molecule has 1 amide bonds. The third kappa shape index (κ3) is 5.14. The van der Waals surface area contributed by atoms with Crippen LogP contribution in [0.2, 0.25) is 0 Å². The van der Waals surface area contributed by atoms with Gasteiger partial charge in [-0.3, -0.25) is 4.79 Å². The van der Waals surface area contributed by atoms with Crippen LogP contribution in [-0.2, 0) is 17.6 Å². The summed E-state index contributed by atoms with van der Waals surface area (Å²) < 4.78 is 29.2. The topological polar surface area (TPSA) is 65.1 Å². The monoisotopic (exact) mass is 550 g/mol. The lowest BCUT2D eigenvalue weighted by atomic mass is 9.54. The van der Waals surface area contributed by atoms with E-state index in [1.807, 2.05) is 39.1 Å². The second-order valence-corrected chi connectivity index (χ2v) is 12.7. The van der Waals surface area contributed by atoms with E-state index >= 15 is 0 Å². The molecule has 2 aromatic carbocycles. The maximum atomic E-state index is 14.6. The minimum Gasteiger partial charge on any atom is -0.508 e. The minimum absolute atomic E-state index is 0.0554. The zero-order chi connectivity index (χ0) is 28.7. The van der Waals surface area contributed by atoms with E-state index in [-0.39, 0.29) is 24.2 Å². The van der Waals surface area contributed by atoms with Crippen molar-refractivity contribution in [1.82, 2.24) is 10.3 Å². The first-order valence-electron chi connectivity index (χ1n) is 15.1. The van der Waals surface area contributed by atoms with Crippen LogP contribution in [0.4, 0.5) is 8.78 Å². The minimum atomic E-state index is -2.52. The Hall–Kier alpha value is -2.89. The van der Waals surface area contributed by atoms with Crippen molar-refractivity contribution >= 4 is 16.8 Å². The first kappa shape index (κ1) is 28.6. The van der Waals surface area contributed by atoms with Crippen molar-refractivity contribution in [2.45, 2.75) is 90.9 Å². The highest BCUT2D eigenvalue weighted by molar-refractivity contribution is 5.86. The average Bonchev–Trinajstić information content (AvgIpc) is 3.40. The fraction of sp³-hybridized carbons (Fsp3) is 0.559. The number of aromatic hydroxyl groups is 1. The number of phenols is 1. The molecule has 3 aliphatic carbocycles. The largest absolute Gasteiger partial charge is 0.508 e. The molecule has 216 valence electrons. The van der Waals surface area contributed by atoms with Gasteiger partial charge in [-0.2, -0.15) is 0 Å². The first-order chi connectivity index (χ1) is 19.1. The van der Waals surface area contributed by atoms with Crippen LogP contribution in [-0.4, -0.2) is 28.5 Å². The molecule has 0 aliphatic heterocycles. The maximum absolute atomic E-state index is 14.6. The molecule has 5 atom stereocenters. The van der Waals surface area contributed by atoms with Gasteiger partial charge in [0.05, 0.1) is 0 Å². The number of hydrogen-bond donors (Lipinski definition) is 3. The lowest BCUT2D eigenvalue weighted by Crippen LogP contribution is -2.47. The molecular formula is C34H44F2N2O2. The number of H-pyrrole nitrogens is 1. The van der Waals surface area contributed by atoms with Crippen molar-refractivity contribution in [2.24, 2.45) is 23.2 Å². The lowest BCUT2D eigenvalue weighted by molar-refractivity contribution is -0.133. The Morgan fingerprint density at radius 1 is 1.20 bits per heavy atom. The van der Waals surface area contributed by atoms with Gasteiger partial charge in [0.25, 0.3) is 5.92 Å². The molecule has 2 fully saturated rings. The summed E-state index contributed by atoms with van der Waals surface area (Å²) in [7, 11) is 0. The highest BCUT2D eigenvalue weighted by Crippen LogP contribution is 2.67. The number of aryl methyl sites for hydroxylation is 2. The molecule has 3 N–H and O–H groups in total. The quantitative estimate of drug-likeness (QED) is 0.301. The molecule has 3 unspecified atom stereocenters. The molecule has 6 rings (SSSR count). The molecule has 0 spiro atoms. The van der Waals surface area contributed by atoms with E-state index in [1.54, 1.807) is 6.07 Å². The summed E-state index contributed by atoms with van der Waals surface area (Å²) in [6.45, 7) is 8.69. The van der Waals surface area contributed by atoms with Crippen molar-refractivity contribution in [1.29, 1.82) is 0 Å². The predicted octanol–water partition coefficient (Wildman–Crippen LogP) is 8.06.